The van der Waals surface area contributed by atoms with E-state index in [1.165, 1.54) is 17.8 Å². The molecule has 3 heterocycles. The van der Waals surface area contributed by atoms with Crippen LogP contribution in [0, 0.1) is 11.8 Å². The molecule has 1 aromatic heterocycles. The summed E-state index contributed by atoms with van der Waals surface area (Å²) in [5.74, 6) is 0.846. The van der Waals surface area contributed by atoms with Crippen molar-refractivity contribution in [2.75, 3.05) is 26.2 Å². The third-order valence-electron chi connectivity index (χ3n) is 4.80. The van der Waals surface area contributed by atoms with Crippen LogP contribution in [0.1, 0.15) is 38.1 Å². The Morgan fingerprint density at radius 2 is 2.08 bits per heavy atom. The van der Waals surface area contributed by atoms with Crippen LogP contribution in [0.5, 0.6) is 0 Å². The number of hydrogen-bond donors (Lipinski definition) is 2. The lowest BCUT2D eigenvalue weighted by atomic mass is 9.91. The number of thiophene rings is 1. The summed E-state index contributed by atoms with van der Waals surface area (Å²) in [5, 5.41) is 7.69. The highest BCUT2D eigenvalue weighted by Gasteiger charge is 2.35. The molecule has 6 nitrogen and oxygen atoms in total. The number of ether oxygens (including phenoxy) is 1. The summed E-state index contributed by atoms with van der Waals surface area (Å²) >= 11 is 1.52. The van der Waals surface area contributed by atoms with Gasteiger partial charge in [0.15, 0.2) is 0 Å². The van der Waals surface area contributed by atoms with E-state index in [9.17, 15) is 9.59 Å². The molecule has 0 aliphatic carbocycles. The van der Waals surface area contributed by atoms with Gasteiger partial charge in [-0.05, 0) is 36.6 Å². The Kier molecular flexibility index (Phi) is 5.98. The van der Waals surface area contributed by atoms with E-state index in [0.29, 0.717) is 36.3 Å². The normalized spacial score (nSPS) is 27.0. The van der Waals surface area contributed by atoms with Gasteiger partial charge in [0.25, 0.3) is 0 Å². The van der Waals surface area contributed by atoms with Gasteiger partial charge in [-0.15, -0.1) is 11.3 Å². The van der Waals surface area contributed by atoms with Gasteiger partial charge in [0.2, 0.25) is 0 Å². The van der Waals surface area contributed by atoms with E-state index in [1.54, 1.807) is 6.92 Å². The fourth-order valence-corrected chi connectivity index (χ4v) is 4.79. The fraction of sp³-hybridized carbons (Fsp3) is 0.579. The lowest BCUT2D eigenvalue weighted by Crippen LogP contribution is -2.49. The van der Waals surface area contributed by atoms with Crippen molar-refractivity contribution >= 4 is 23.3 Å². The zero-order valence-electron chi connectivity index (χ0n) is 15.6. The van der Waals surface area contributed by atoms with Crippen molar-refractivity contribution in [3.05, 3.63) is 33.7 Å². The summed E-state index contributed by atoms with van der Waals surface area (Å²) < 4.78 is 5.30. The number of piperidine rings is 1. The SMILES string of the molecule is CCOC(=O)C1=C(CN2C[C@H](C)C[C@H](C)C2)NC(=O)N[C@H]1c1cccs1. The topological polar surface area (TPSA) is 70.7 Å². The van der Waals surface area contributed by atoms with Crippen LogP contribution in [-0.4, -0.2) is 43.1 Å². The largest absolute Gasteiger partial charge is 0.463 e. The zero-order chi connectivity index (χ0) is 18.7. The van der Waals surface area contributed by atoms with Crippen LogP contribution in [0.4, 0.5) is 4.79 Å². The van der Waals surface area contributed by atoms with Gasteiger partial charge in [0.1, 0.15) is 0 Å². The van der Waals surface area contributed by atoms with E-state index in [4.69, 9.17) is 4.74 Å². The smallest absolute Gasteiger partial charge is 0.338 e. The molecule has 2 aliphatic heterocycles. The Labute approximate surface area is 158 Å². The van der Waals surface area contributed by atoms with Crippen molar-refractivity contribution in [1.29, 1.82) is 0 Å². The predicted octanol–water partition coefficient (Wildman–Crippen LogP) is 2.90. The van der Waals surface area contributed by atoms with Crippen LogP contribution in [-0.2, 0) is 9.53 Å². The van der Waals surface area contributed by atoms with Crippen LogP contribution < -0.4 is 10.6 Å². The lowest BCUT2D eigenvalue weighted by Gasteiger charge is -2.37. The standard InChI is InChI=1S/C19H27N3O3S/c1-4-25-18(23)16-14(11-22-9-12(2)8-13(3)10-22)20-19(24)21-17(16)15-6-5-7-26-15/h5-7,12-13,17H,4,8-11H2,1-3H3,(H2,20,21,24)/t12-,13+,17-/m0/s1. The van der Waals surface area contributed by atoms with Crippen molar-refractivity contribution < 1.29 is 14.3 Å². The molecule has 2 amide bonds. The summed E-state index contributed by atoms with van der Waals surface area (Å²) in [7, 11) is 0. The summed E-state index contributed by atoms with van der Waals surface area (Å²) in [6, 6.07) is 3.12. The second-order valence-electron chi connectivity index (χ2n) is 7.30. The molecule has 0 bridgehead atoms. The monoisotopic (exact) mass is 377 g/mol. The molecule has 0 unspecified atom stereocenters. The molecule has 0 spiro atoms. The van der Waals surface area contributed by atoms with E-state index >= 15 is 0 Å². The Morgan fingerprint density at radius 1 is 1.35 bits per heavy atom. The Bertz CT molecular complexity index is 676. The second kappa shape index (κ2) is 8.22. The highest BCUT2D eigenvalue weighted by molar-refractivity contribution is 7.10. The number of nitrogens with zero attached hydrogens (tertiary/aromatic N) is 1. The summed E-state index contributed by atoms with van der Waals surface area (Å²) in [5.41, 5.74) is 1.17. The maximum atomic E-state index is 12.7. The number of nitrogens with one attached hydrogen (secondary N) is 2. The number of esters is 1. The number of amides is 2. The van der Waals surface area contributed by atoms with Crippen LogP contribution in [0.2, 0.25) is 0 Å². The molecule has 142 valence electrons. The summed E-state index contributed by atoms with van der Waals surface area (Å²) in [6.45, 7) is 9.09. The Morgan fingerprint density at radius 3 is 2.69 bits per heavy atom. The Hall–Kier alpha value is -1.86. The first-order valence-electron chi connectivity index (χ1n) is 9.21. The number of urea groups is 1. The molecular weight excluding hydrogens is 350 g/mol. The fourth-order valence-electron chi connectivity index (χ4n) is 4.01. The molecule has 2 N–H and O–H groups in total. The molecule has 1 saturated heterocycles. The summed E-state index contributed by atoms with van der Waals surface area (Å²) in [4.78, 5) is 28.2. The number of hydrogen-bond acceptors (Lipinski definition) is 5. The third kappa shape index (κ3) is 4.27. The maximum Gasteiger partial charge on any atom is 0.338 e. The molecule has 2 aliphatic rings. The maximum absolute atomic E-state index is 12.7. The number of carbonyl (C=O) groups excluding carboxylic acids is 2. The Balaban J connectivity index is 1.93. The molecule has 1 fully saturated rings. The van der Waals surface area contributed by atoms with Gasteiger partial charge in [-0.2, -0.15) is 0 Å². The molecule has 0 aromatic carbocycles. The van der Waals surface area contributed by atoms with Crippen molar-refractivity contribution in [1.82, 2.24) is 15.5 Å². The van der Waals surface area contributed by atoms with Crippen LogP contribution in [0.15, 0.2) is 28.8 Å². The molecule has 3 atom stereocenters. The minimum Gasteiger partial charge on any atom is -0.463 e. The van der Waals surface area contributed by atoms with E-state index < -0.39 is 6.04 Å². The molecule has 0 saturated carbocycles. The van der Waals surface area contributed by atoms with Crippen LogP contribution in [0.3, 0.4) is 0 Å². The molecule has 0 radical (unpaired) electrons. The van der Waals surface area contributed by atoms with Crippen molar-refractivity contribution in [2.24, 2.45) is 11.8 Å². The van der Waals surface area contributed by atoms with Gasteiger partial charge in [-0.25, -0.2) is 9.59 Å². The van der Waals surface area contributed by atoms with Crippen molar-refractivity contribution in [2.45, 2.75) is 33.2 Å². The highest BCUT2D eigenvalue weighted by atomic mass is 32.1. The van der Waals surface area contributed by atoms with Gasteiger partial charge >= 0.3 is 12.0 Å². The van der Waals surface area contributed by atoms with E-state index in [1.807, 2.05) is 17.5 Å². The van der Waals surface area contributed by atoms with E-state index in [-0.39, 0.29) is 12.0 Å². The van der Waals surface area contributed by atoms with Crippen LogP contribution in [0.25, 0.3) is 0 Å². The first kappa shape index (κ1) is 18.9. The number of rotatable bonds is 5. The van der Waals surface area contributed by atoms with Crippen molar-refractivity contribution in [3.8, 4) is 0 Å². The zero-order valence-corrected chi connectivity index (χ0v) is 16.4. The van der Waals surface area contributed by atoms with Gasteiger partial charge in [0.05, 0.1) is 18.2 Å². The first-order chi connectivity index (χ1) is 12.5. The lowest BCUT2D eigenvalue weighted by molar-refractivity contribution is -0.139. The molecular formula is C19H27N3O3S. The van der Waals surface area contributed by atoms with Gasteiger partial charge in [-0.1, -0.05) is 19.9 Å². The highest BCUT2D eigenvalue weighted by Crippen LogP contribution is 2.31. The minimum absolute atomic E-state index is 0.274. The number of likely N-dealkylation sites (tertiary alicyclic amines) is 1. The minimum atomic E-state index is -0.461. The molecule has 3 rings (SSSR count). The van der Waals surface area contributed by atoms with Crippen molar-refractivity contribution in [3.63, 3.8) is 0 Å². The molecule has 7 heteroatoms. The van der Waals surface area contributed by atoms with Gasteiger partial charge in [0, 0.05) is 30.2 Å². The van der Waals surface area contributed by atoms with Gasteiger partial charge < -0.3 is 15.4 Å². The average molecular weight is 378 g/mol. The van der Waals surface area contributed by atoms with E-state index in [0.717, 1.165) is 18.0 Å². The molecule has 26 heavy (non-hydrogen) atoms. The molecule has 1 aromatic rings. The predicted molar refractivity (Wildman–Crippen MR) is 102 cm³/mol. The van der Waals surface area contributed by atoms with E-state index in [2.05, 4.69) is 29.4 Å². The number of carbonyl (C=O) groups is 2. The summed E-state index contributed by atoms with van der Waals surface area (Å²) in [6.07, 6.45) is 1.21. The van der Waals surface area contributed by atoms with Gasteiger partial charge in [-0.3, -0.25) is 4.90 Å². The van der Waals surface area contributed by atoms with Crippen LogP contribution >= 0.6 is 11.3 Å². The quantitative estimate of drug-likeness (QED) is 0.774. The first-order valence-corrected chi connectivity index (χ1v) is 10.1. The second-order valence-corrected chi connectivity index (χ2v) is 8.28. The average Bonchev–Trinajstić information content (AvgIpc) is 3.07. The third-order valence-corrected chi connectivity index (χ3v) is 5.74.